The molecule has 0 aliphatic heterocycles. The molecular formula is C12H22O8. The van der Waals surface area contributed by atoms with Crippen LogP contribution in [0.2, 0.25) is 0 Å². The molecule has 0 saturated heterocycles. The second-order valence-corrected chi connectivity index (χ2v) is 4.16. The molecule has 0 heterocycles. The number of esters is 2. The quantitative estimate of drug-likeness (QED) is 0.263. The number of hydrogen-bond donors (Lipinski definition) is 4. The fourth-order valence-electron chi connectivity index (χ4n) is 1.29. The fraction of sp³-hybridized carbons (Fsp3) is 0.833. The van der Waals surface area contributed by atoms with Crippen LogP contribution in [0.4, 0.5) is 0 Å². The Labute approximate surface area is 116 Å². The molecule has 20 heavy (non-hydrogen) atoms. The highest BCUT2D eigenvalue weighted by Crippen LogP contribution is 2.05. The van der Waals surface area contributed by atoms with E-state index < -0.39 is 50.6 Å². The van der Waals surface area contributed by atoms with Gasteiger partial charge < -0.3 is 29.9 Å². The molecule has 118 valence electrons. The van der Waals surface area contributed by atoms with Crippen molar-refractivity contribution in [2.45, 2.75) is 37.9 Å². The molecule has 0 radical (unpaired) electrons. The molecule has 0 unspecified atom stereocenters. The van der Waals surface area contributed by atoms with Gasteiger partial charge in [-0.25, -0.2) is 0 Å². The predicted molar refractivity (Wildman–Crippen MR) is 66.6 cm³/mol. The van der Waals surface area contributed by atoms with Gasteiger partial charge in [0.1, 0.15) is 12.2 Å². The first kappa shape index (κ1) is 18.8. The topological polar surface area (TPSA) is 134 Å². The van der Waals surface area contributed by atoms with Crippen molar-refractivity contribution in [2.75, 3.05) is 26.4 Å². The first-order chi connectivity index (χ1) is 9.57. The summed E-state index contributed by atoms with van der Waals surface area (Å²) in [5.74, 6) is -1.12. The normalized spacial score (nSPS) is 10.9. The average Bonchev–Trinajstić information content (AvgIpc) is 2.46. The second kappa shape index (κ2) is 11.6. The largest absolute Gasteiger partial charge is 0.457 e. The number of hydrogen-bond acceptors (Lipinski definition) is 8. The lowest BCUT2D eigenvalue weighted by molar-refractivity contribution is -0.155. The van der Waals surface area contributed by atoms with E-state index in [-0.39, 0.29) is 12.8 Å². The summed E-state index contributed by atoms with van der Waals surface area (Å²) in [6.45, 7) is -1.78. The summed E-state index contributed by atoms with van der Waals surface area (Å²) in [6, 6.07) is 0. The molecule has 0 aliphatic carbocycles. The average molecular weight is 294 g/mol. The molecule has 0 aromatic heterocycles. The van der Waals surface area contributed by atoms with Crippen LogP contribution in [0.3, 0.4) is 0 Å². The van der Waals surface area contributed by atoms with Gasteiger partial charge in [0.2, 0.25) is 0 Å². The summed E-state index contributed by atoms with van der Waals surface area (Å²) in [6.07, 6.45) is -0.925. The lowest BCUT2D eigenvalue weighted by Crippen LogP contribution is -2.26. The van der Waals surface area contributed by atoms with Gasteiger partial charge in [0.15, 0.2) is 0 Å². The van der Waals surface area contributed by atoms with E-state index in [1.807, 2.05) is 0 Å². The Kier molecular flexibility index (Phi) is 10.9. The third-order valence-corrected chi connectivity index (χ3v) is 2.42. The summed E-state index contributed by atoms with van der Waals surface area (Å²) in [5, 5.41) is 34.8. The zero-order valence-corrected chi connectivity index (χ0v) is 11.2. The molecule has 0 amide bonds. The van der Waals surface area contributed by atoms with Crippen LogP contribution in [0.25, 0.3) is 0 Å². The van der Waals surface area contributed by atoms with E-state index in [4.69, 9.17) is 29.9 Å². The predicted octanol–water partition coefficient (Wildman–Crippen LogP) is -1.66. The third kappa shape index (κ3) is 8.81. The Morgan fingerprint density at radius 2 is 1.00 bits per heavy atom. The number of carbonyl (C=O) groups is 2. The van der Waals surface area contributed by atoms with Crippen molar-refractivity contribution < 1.29 is 39.5 Å². The van der Waals surface area contributed by atoms with Gasteiger partial charge in [-0.3, -0.25) is 9.59 Å². The molecule has 0 atom stereocenters. The minimum absolute atomic E-state index is 0.0627. The van der Waals surface area contributed by atoms with E-state index in [1.54, 1.807) is 0 Å². The first-order valence-corrected chi connectivity index (χ1v) is 6.39. The monoisotopic (exact) mass is 294 g/mol. The molecule has 0 bridgehead atoms. The van der Waals surface area contributed by atoms with E-state index in [9.17, 15) is 9.59 Å². The van der Waals surface area contributed by atoms with Gasteiger partial charge in [-0.1, -0.05) is 0 Å². The molecule has 0 aromatic rings. The van der Waals surface area contributed by atoms with E-state index >= 15 is 0 Å². The van der Waals surface area contributed by atoms with Gasteiger partial charge in [-0.2, -0.15) is 0 Å². The van der Waals surface area contributed by atoms with Crippen molar-refractivity contribution in [1.82, 2.24) is 0 Å². The van der Waals surface area contributed by atoms with Crippen LogP contribution in [0.5, 0.6) is 0 Å². The summed E-state index contributed by atoms with van der Waals surface area (Å²) in [5.41, 5.74) is 0. The van der Waals surface area contributed by atoms with Crippen molar-refractivity contribution in [3.63, 3.8) is 0 Å². The zero-order valence-electron chi connectivity index (χ0n) is 11.2. The molecule has 0 fully saturated rings. The van der Waals surface area contributed by atoms with Gasteiger partial charge in [0, 0.05) is 12.8 Å². The van der Waals surface area contributed by atoms with Crippen molar-refractivity contribution >= 4 is 11.9 Å². The standard InChI is InChI=1S/C12H22O8/c13-5-9(6-14)19-11(17)3-1-2-4-12(18)20-10(7-15)8-16/h9-10,13-16H,1-8H2. The van der Waals surface area contributed by atoms with Crippen LogP contribution < -0.4 is 0 Å². The molecule has 4 N–H and O–H groups in total. The van der Waals surface area contributed by atoms with E-state index in [0.717, 1.165) is 0 Å². The molecule has 8 nitrogen and oxygen atoms in total. The number of unbranched alkanes of at least 4 members (excludes halogenated alkanes) is 1. The highest BCUT2D eigenvalue weighted by atomic mass is 16.6. The third-order valence-electron chi connectivity index (χ3n) is 2.42. The highest BCUT2D eigenvalue weighted by molar-refractivity contribution is 5.70. The number of carbonyl (C=O) groups excluding carboxylic acids is 2. The lowest BCUT2D eigenvalue weighted by atomic mass is 10.2. The van der Waals surface area contributed by atoms with Crippen molar-refractivity contribution in [3.05, 3.63) is 0 Å². The maximum Gasteiger partial charge on any atom is 0.306 e. The molecule has 0 spiro atoms. The van der Waals surface area contributed by atoms with Crippen LogP contribution in [0, 0.1) is 0 Å². The zero-order chi connectivity index (χ0) is 15.4. The molecule has 0 rings (SSSR count). The minimum atomic E-state index is -0.915. The summed E-state index contributed by atoms with van der Waals surface area (Å²) in [7, 11) is 0. The number of ether oxygens (including phenoxy) is 2. The second-order valence-electron chi connectivity index (χ2n) is 4.16. The summed E-state index contributed by atoms with van der Waals surface area (Å²) >= 11 is 0. The molecule has 0 aromatic carbocycles. The van der Waals surface area contributed by atoms with E-state index in [2.05, 4.69) is 0 Å². The Bertz CT molecular complexity index is 245. The van der Waals surface area contributed by atoms with E-state index in [0.29, 0.717) is 12.8 Å². The van der Waals surface area contributed by atoms with Gasteiger partial charge in [0.25, 0.3) is 0 Å². The van der Waals surface area contributed by atoms with Crippen molar-refractivity contribution in [3.8, 4) is 0 Å². The van der Waals surface area contributed by atoms with Gasteiger partial charge in [-0.05, 0) is 12.8 Å². The van der Waals surface area contributed by atoms with Crippen LogP contribution in [0.1, 0.15) is 25.7 Å². The van der Waals surface area contributed by atoms with E-state index in [1.165, 1.54) is 0 Å². The van der Waals surface area contributed by atoms with Gasteiger partial charge in [0.05, 0.1) is 26.4 Å². The van der Waals surface area contributed by atoms with Gasteiger partial charge in [-0.15, -0.1) is 0 Å². The van der Waals surface area contributed by atoms with Crippen molar-refractivity contribution in [2.24, 2.45) is 0 Å². The van der Waals surface area contributed by atoms with Crippen LogP contribution in [0.15, 0.2) is 0 Å². The molecule has 0 aliphatic rings. The number of aliphatic hydroxyl groups is 4. The minimum Gasteiger partial charge on any atom is -0.457 e. The highest BCUT2D eigenvalue weighted by Gasteiger charge is 2.14. The summed E-state index contributed by atoms with van der Waals surface area (Å²) < 4.78 is 9.47. The van der Waals surface area contributed by atoms with Crippen molar-refractivity contribution in [1.29, 1.82) is 0 Å². The number of rotatable bonds is 11. The SMILES string of the molecule is O=C(CCCCC(=O)OC(CO)CO)OC(CO)CO. The Hall–Kier alpha value is -1.22. The Morgan fingerprint density at radius 1 is 0.700 bits per heavy atom. The van der Waals surface area contributed by atoms with Gasteiger partial charge >= 0.3 is 11.9 Å². The maximum atomic E-state index is 11.3. The molecule has 0 saturated carbocycles. The number of aliphatic hydroxyl groups excluding tert-OH is 4. The molecule has 8 heteroatoms. The van der Waals surface area contributed by atoms with Crippen LogP contribution in [-0.4, -0.2) is 71.0 Å². The smallest absolute Gasteiger partial charge is 0.306 e. The summed E-state index contributed by atoms with van der Waals surface area (Å²) in [4.78, 5) is 22.5. The van der Waals surface area contributed by atoms with Crippen LogP contribution >= 0.6 is 0 Å². The Balaban J connectivity index is 3.70. The lowest BCUT2D eigenvalue weighted by Gasteiger charge is -2.13. The fourth-order valence-corrected chi connectivity index (χ4v) is 1.29. The van der Waals surface area contributed by atoms with Crippen LogP contribution in [-0.2, 0) is 19.1 Å². The molecular weight excluding hydrogens is 272 g/mol. The Morgan fingerprint density at radius 3 is 1.25 bits per heavy atom. The maximum absolute atomic E-state index is 11.3. The first-order valence-electron chi connectivity index (χ1n) is 6.39.